The molecule has 2 heterocycles. The number of rotatable bonds is 3. The second-order valence-electron chi connectivity index (χ2n) is 5.22. The van der Waals surface area contributed by atoms with Gasteiger partial charge >= 0.3 is 11.7 Å². The normalized spacial score (nSPS) is 17.3. The number of carboxylic acids is 1. The molecule has 0 bridgehead atoms. The lowest BCUT2D eigenvalue weighted by Crippen LogP contribution is -2.34. The van der Waals surface area contributed by atoms with Crippen LogP contribution in [0.25, 0.3) is 0 Å². The second-order valence-corrected chi connectivity index (χ2v) is 6.04. The van der Waals surface area contributed by atoms with E-state index in [0.717, 1.165) is 5.56 Å². The third-order valence-electron chi connectivity index (χ3n) is 3.73. The standard InChI is InChI=1S/C14H13Cl2N3O3/c15-9-5-4-8(6-10(9)16)7-18-14(22)19-11(13(20)21)2-1-3-12(19)17-18/h4-6,11H,1-3,7H2,(H,20,21). The van der Waals surface area contributed by atoms with Gasteiger partial charge in [-0.3, -0.25) is 4.57 Å². The molecule has 0 saturated carbocycles. The van der Waals surface area contributed by atoms with Gasteiger partial charge in [-0.25, -0.2) is 14.3 Å². The van der Waals surface area contributed by atoms with Crippen molar-refractivity contribution in [1.82, 2.24) is 14.3 Å². The predicted octanol–water partition coefficient (Wildman–Crippen LogP) is 2.36. The monoisotopic (exact) mass is 341 g/mol. The van der Waals surface area contributed by atoms with Crippen molar-refractivity contribution in [1.29, 1.82) is 0 Å². The van der Waals surface area contributed by atoms with Crippen LogP contribution in [0.3, 0.4) is 0 Å². The van der Waals surface area contributed by atoms with Gasteiger partial charge in [-0.1, -0.05) is 29.3 Å². The topological polar surface area (TPSA) is 77.1 Å². The molecule has 3 rings (SSSR count). The summed E-state index contributed by atoms with van der Waals surface area (Å²) in [5.41, 5.74) is 0.368. The predicted molar refractivity (Wildman–Crippen MR) is 81.7 cm³/mol. The molecular weight excluding hydrogens is 329 g/mol. The molecule has 22 heavy (non-hydrogen) atoms. The van der Waals surface area contributed by atoms with Crippen molar-refractivity contribution in [2.45, 2.75) is 31.8 Å². The van der Waals surface area contributed by atoms with Gasteiger partial charge in [0, 0.05) is 6.42 Å². The van der Waals surface area contributed by atoms with Crippen LogP contribution in [0.5, 0.6) is 0 Å². The third-order valence-corrected chi connectivity index (χ3v) is 4.47. The number of benzene rings is 1. The molecule has 0 aliphatic carbocycles. The zero-order chi connectivity index (χ0) is 15.9. The molecule has 0 amide bonds. The summed E-state index contributed by atoms with van der Waals surface area (Å²) in [5.74, 6) is -0.485. The zero-order valence-electron chi connectivity index (χ0n) is 11.5. The van der Waals surface area contributed by atoms with Gasteiger partial charge in [0.2, 0.25) is 0 Å². The lowest BCUT2D eigenvalue weighted by atomic mass is 10.1. The van der Waals surface area contributed by atoms with Crippen LogP contribution in [0.1, 0.15) is 30.3 Å². The molecule has 8 heteroatoms. The van der Waals surface area contributed by atoms with Crippen LogP contribution in [0.2, 0.25) is 10.0 Å². The van der Waals surface area contributed by atoms with Gasteiger partial charge in [0.15, 0.2) is 0 Å². The molecule has 1 aromatic carbocycles. The average molecular weight is 342 g/mol. The minimum absolute atomic E-state index is 0.224. The molecule has 1 atom stereocenters. The summed E-state index contributed by atoms with van der Waals surface area (Å²) in [5, 5.41) is 14.3. The van der Waals surface area contributed by atoms with Gasteiger partial charge in [0.25, 0.3) is 0 Å². The second kappa shape index (κ2) is 5.78. The summed E-state index contributed by atoms with van der Waals surface area (Å²) in [7, 11) is 0. The number of fused-ring (bicyclic) bond motifs is 1. The van der Waals surface area contributed by atoms with Crippen LogP contribution >= 0.6 is 23.2 Å². The van der Waals surface area contributed by atoms with Crippen LogP contribution in [-0.2, 0) is 17.8 Å². The lowest BCUT2D eigenvalue weighted by Gasteiger charge is -2.19. The molecule has 6 nitrogen and oxygen atoms in total. The molecule has 0 radical (unpaired) electrons. The first-order chi connectivity index (χ1) is 10.5. The van der Waals surface area contributed by atoms with Crippen molar-refractivity contribution in [3.05, 3.63) is 50.1 Å². The first-order valence-electron chi connectivity index (χ1n) is 6.82. The highest BCUT2D eigenvalue weighted by Gasteiger charge is 2.30. The quantitative estimate of drug-likeness (QED) is 0.929. The van der Waals surface area contributed by atoms with E-state index in [4.69, 9.17) is 23.2 Å². The largest absolute Gasteiger partial charge is 0.480 e. The van der Waals surface area contributed by atoms with Gasteiger partial charge < -0.3 is 5.11 Å². The van der Waals surface area contributed by atoms with Crippen LogP contribution in [0, 0.1) is 0 Å². The summed E-state index contributed by atoms with van der Waals surface area (Å²) < 4.78 is 2.56. The number of carboxylic acid groups (broad SMARTS) is 1. The summed E-state index contributed by atoms with van der Waals surface area (Å²) >= 11 is 11.8. The number of hydrogen-bond acceptors (Lipinski definition) is 3. The molecule has 1 N–H and O–H groups in total. The fourth-order valence-electron chi connectivity index (χ4n) is 2.68. The zero-order valence-corrected chi connectivity index (χ0v) is 13.0. The Hall–Kier alpha value is -1.79. The van der Waals surface area contributed by atoms with E-state index in [2.05, 4.69) is 5.10 Å². The molecule has 2 aromatic rings. The fraction of sp³-hybridized carbons (Fsp3) is 0.357. The highest BCUT2D eigenvalue weighted by molar-refractivity contribution is 6.42. The number of hydrogen-bond donors (Lipinski definition) is 1. The van der Waals surface area contributed by atoms with Gasteiger partial charge in [-0.05, 0) is 30.5 Å². The van der Waals surface area contributed by atoms with Crippen molar-refractivity contribution >= 4 is 29.2 Å². The maximum Gasteiger partial charge on any atom is 0.347 e. The van der Waals surface area contributed by atoms with E-state index < -0.39 is 17.7 Å². The summed E-state index contributed by atoms with van der Waals surface area (Å²) in [6.07, 6.45) is 1.76. The molecule has 1 unspecified atom stereocenters. The molecule has 0 fully saturated rings. The van der Waals surface area contributed by atoms with E-state index in [-0.39, 0.29) is 6.54 Å². The number of aryl methyl sites for hydroxylation is 1. The summed E-state index contributed by atoms with van der Waals surface area (Å²) in [4.78, 5) is 23.7. The van der Waals surface area contributed by atoms with Gasteiger partial charge in [-0.2, -0.15) is 5.10 Å². The van der Waals surface area contributed by atoms with Gasteiger partial charge in [0.1, 0.15) is 11.9 Å². The van der Waals surface area contributed by atoms with E-state index in [0.29, 0.717) is 35.1 Å². The van der Waals surface area contributed by atoms with Crippen molar-refractivity contribution < 1.29 is 9.90 Å². The number of aliphatic carboxylic acids is 1. The Morgan fingerprint density at radius 1 is 1.36 bits per heavy atom. The Labute approximate surface area is 135 Å². The molecule has 1 aliphatic rings. The van der Waals surface area contributed by atoms with Crippen molar-refractivity contribution in [2.24, 2.45) is 0 Å². The smallest absolute Gasteiger partial charge is 0.347 e. The van der Waals surface area contributed by atoms with Crippen LogP contribution in [0.15, 0.2) is 23.0 Å². The first kappa shape index (κ1) is 15.1. The molecule has 1 aliphatic heterocycles. The van der Waals surface area contributed by atoms with Gasteiger partial charge in [0.05, 0.1) is 16.6 Å². The maximum absolute atomic E-state index is 12.4. The molecule has 1 aromatic heterocycles. The minimum Gasteiger partial charge on any atom is -0.480 e. The Bertz CT molecular complexity index is 797. The minimum atomic E-state index is -1.00. The highest BCUT2D eigenvalue weighted by Crippen LogP contribution is 2.24. The third kappa shape index (κ3) is 2.64. The van der Waals surface area contributed by atoms with Crippen molar-refractivity contribution in [3.63, 3.8) is 0 Å². The molecular formula is C14H13Cl2N3O3. The number of aromatic nitrogens is 3. The maximum atomic E-state index is 12.4. The summed E-state index contributed by atoms with van der Waals surface area (Å²) in [6, 6.07) is 4.25. The van der Waals surface area contributed by atoms with E-state index in [1.807, 2.05) is 0 Å². The summed E-state index contributed by atoms with van der Waals surface area (Å²) in [6.45, 7) is 0.224. The van der Waals surface area contributed by atoms with Crippen LogP contribution < -0.4 is 5.69 Å². The Morgan fingerprint density at radius 3 is 2.82 bits per heavy atom. The van der Waals surface area contributed by atoms with E-state index in [1.54, 1.807) is 18.2 Å². The number of halogens is 2. The molecule has 0 spiro atoms. The van der Waals surface area contributed by atoms with E-state index in [9.17, 15) is 14.7 Å². The Balaban J connectivity index is 1.97. The van der Waals surface area contributed by atoms with Gasteiger partial charge in [-0.15, -0.1) is 0 Å². The first-order valence-corrected chi connectivity index (χ1v) is 7.58. The lowest BCUT2D eigenvalue weighted by molar-refractivity contribution is -0.141. The Kier molecular flexibility index (Phi) is 3.97. The molecule has 0 saturated heterocycles. The van der Waals surface area contributed by atoms with Crippen LogP contribution in [0.4, 0.5) is 0 Å². The van der Waals surface area contributed by atoms with Crippen molar-refractivity contribution in [3.8, 4) is 0 Å². The fourth-order valence-corrected chi connectivity index (χ4v) is 3.00. The van der Waals surface area contributed by atoms with Crippen LogP contribution in [-0.4, -0.2) is 25.4 Å². The average Bonchev–Trinajstić information content (AvgIpc) is 2.79. The van der Waals surface area contributed by atoms with E-state index >= 15 is 0 Å². The Morgan fingerprint density at radius 2 is 2.14 bits per heavy atom. The SMILES string of the molecule is O=C(O)C1CCCc2nn(Cc3ccc(Cl)c(Cl)c3)c(=O)n21. The molecule has 116 valence electrons. The van der Waals surface area contributed by atoms with E-state index in [1.165, 1.54) is 9.25 Å². The number of carbonyl (C=O) groups is 1. The van der Waals surface area contributed by atoms with Crippen molar-refractivity contribution in [2.75, 3.05) is 0 Å². The number of nitrogens with zero attached hydrogens (tertiary/aromatic N) is 3. The highest BCUT2D eigenvalue weighted by atomic mass is 35.5.